The second-order valence-corrected chi connectivity index (χ2v) is 5.86. The standard InChI is InChI=1S/C21H18N2O2/c24-16-23(22-15-14-17-6-4-5-9-21(17)22)18-10-12-20(13-11-18)25-19-7-2-1-3-8-19/h1-13,16H,14-15H2. The maximum Gasteiger partial charge on any atom is 0.233 e. The quantitative estimate of drug-likeness (QED) is 0.649. The molecule has 124 valence electrons. The van der Waals surface area contributed by atoms with Gasteiger partial charge in [0.05, 0.1) is 11.4 Å². The van der Waals surface area contributed by atoms with Crippen molar-refractivity contribution in [3.63, 3.8) is 0 Å². The van der Waals surface area contributed by atoms with Gasteiger partial charge in [0.15, 0.2) is 0 Å². The van der Waals surface area contributed by atoms with E-state index >= 15 is 0 Å². The Hall–Kier alpha value is -3.27. The van der Waals surface area contributed by atoms with E-state index in [1.54, 1.807) is 5.01 Å². The van der Waals surface area contributed by atoms with E-state index in [4.69, 9.17) is 4.74 Å². The molecule has 0 unspecified atom stereocenters. The predicted molar refractivity (Wildman–Crippen MR) is 99.0 cm³/mol. The molecule has 1 aliphatic heterocycles. The van der Waals surface area contributed by atoms with Crippen LogP contribution in [0.5, 0.6) is 11.5 Å². The molecule has 1 amide bonds. The van der Waals surface area contributed by atoms with Crippen LogP contribution in [0.15, 0.2) is 78.9 Å². The number of hydrogen-bond donors (Lipinski definition) is 0. The van der Waals surface area contributed by atoms with Crippen molar-refractivity contribution in [3.05, 3.63) is 84.4 Å². The number of ether oxygens (including phenoxy) is 1. The highest BCUT2D eigenvalue weighted by Crippen LogP contribution is 2.31. The number of nitrogens with zero attached hydrogens (tertiary/aromatic N) is 2. The van der Waals surface area contributed by atoms with Gasteiger partial charge >= 0.3 is 0 Å². The van der Waals surface area contributed by atoms with Crippen molar-refractivity contribution in [2.75, 3.05) is 16.6 Å². The zero-order valence-corrected chi connectivity index (χ0v) is 13.7. The third-order valence-electron chi connectivity index (χ3n) is 4.30. The van der Waals surface area contributed by atoms with Crippen LogP contribution < -0.4 is 14.8 Å². The minimum absolute atomic E-state index is 0.739. The highest BCUT2D eigenvalue weighted by atomic mass is 16.5. The molecule has 0 radical (unpaired) electrons. The van der Waals surface area contributed by atoms with Crippen LogP contribution in [0.2, 0.25) is 0 Å². The van der Waals surface area contributed by atoms with Crippen LogP contribution >= 0.6 is 0 Å². The molecule has 0 saturated heterocycles. The summed E-state index contributed by atoms with van der Waals surface area (Å²) in [5.41, 5.74) is 3.16. The van der Waals surface area contributed by atoms with Crippen LogP contribution in [-0.4, -0.2) is 13.0 Å². The average molecular weight is 330 g/mol. The lowest BCUT2D eigenvalue weighted by molar-refractivity contribution is -0.107. The first-order chi connectivity index (χ1) is 12.3. The number of hydrogen-bond acceptors (Lipinski definition) is 3. The largest absolute Gasteiger partial charge is 0.457 e. The maximum absolute atomic E-state index is 11.7. The Balaban J connectivity index is 1.55. The van der Waals surface area contributed by atoms with Gasteiger partial charge < -0.3 is 4.74 Å². The molecule has 0 atom stereocenters. The molecule has 0 saturated carbocycles. The van der Waals surface area contributed by atoms with Crippen molar-refractivity contribution < 1.29 is 9.53 Å². The van der Waals surface area contributed by atoms with Gasteiger partial charge in [-0.15, -0.1) is 0 Å². The van der Waals surface area contributed by atoms with Crippen molar-refractivity contribution in [1.82, 2.24) is 0 Å². The van der Waals surface area contributed by atoms with Gasteiger partial charge in [-0.2, -0.15) is 0 Å². The summed E-state index contributed by atoms with van der Waals surface area (Å²) in [5, 5.41) is 3.66. The number of carbonyl (C=O) groups excluding carboxylic acids is 1. The molecule has 4 nitrogen and oxygen atoms in total. The van der Waals surface area contributed by atoms with Crippen LogP contribution in [-0.2, 0) is 11.2 Å². The highest BCUT2D eigenvalue weighted by molar-refractivity contribution is 5.81. The molecule has 25 heavy (non-hydrogen) atoms. The van der Waals surface area contributed by atoms with E-state index in [0.29, 0.717) is 0 Å². The molecule has 0 N–H and O–H groups in total. The lowest BCUT2D eigenvalue weighted by Gasteiger charge is -2.30. The van der Waals surface area contributed by atoms with Gasteiger partial charge in [-0.25, -0.2) is 5.01 Å². The second kappa shape index (κ2) is 6.69. The molecule has 0 bridgehead atoms. The van der Waals surface area contributed by atoms with E-state index in [0.717, 1.165) is 42.2 Å². The Labute approximate surface area is 146 Å². The number of hydrazine groups is 1. The Morgan fingerprint density at radius 3 is 2.28 bits per heavy atom. The molecular weight excluding hydrogens is 312 g/mol. The molecule has 4 rings (SSSR count). The summed E-state index contributed by atoms with van der Waals surface area (Å²) in [7, 11) is 0. The van der Waals surface area contributed by atoms with Crippen molar-refractivity contribution >= 4 is 17.8 Å². The normalized spacial score (nSPS) is 12.6. The van der Waals surface area contributed by atoms with Crippen LogP contribution in [0, 0.1) is 0 Å². The number of benzene rings is 3. The zero-order chi connectivity index (χ0) is 17.1. The van der Waals surface area contributed by atoms with E-state index in [-0.39, 0.29) is 0 Å². The Bertz CT molecular complexity index is 863. The van der Waals surface area contributed by atoms with Gasteiger partial charge in [-0.1, -0.05) is 36.4 Å². The molecule has 0 aromatic heterocycles. The van der Waals surface area contributed by atoms with Gasteiger partial charge in [-0.3, -0.25) is 9.80 Å². The molecule has 0 aliphatic carbocycles. The number of carbonyl (C=O) groups is 1. The molecule has 3 aromatic carbocycles. The van der Waals surface area contributed by atoms with Gasteiger partial charge in [0.25, 0.3) is 0 Å². The molecule has 0 fully saturated rings. The SMILES string of the molecule is O=CN(c1ccc(Oc2ccccc2)cc1)N1CCc2ccccc21. The summed E-state index contributed by atoms with van der Waals surface area (Å²) in [6, 6.07) is 25.4. The van der Waals surface area contributed by atoms with E-state index in [2.05, 4.69) is 6.07 Å². The fourth-order valence-electron chi connectivity index (χ4n) is 3.09. The van der Waals surface area contributed by atoms with Crippen molar-refractivity contribution in [3.8, 4) is 11.5 Å². The number of fused-ring (bicyclic) bond motifs is 1. The van der Waals surface area contributed by atoms with Crippen LogP contribution in [0.1, 0.15) is 5.56 Å². The number of anilines is 2. The van der Waals surface area contributed by atoms with E-state index < -0.39 is 0 Å². The predicted octanol–water partition coefficient (Wildman–Crippen LogP) is 4.42. The topological polar surface area (TPSA) is 32.8 Å². The molecular formula is C21H18N2O2. The fourth-order valence-corrected chi connectivity index (χ4v) is 3.09. The van der Waals surface area contributed by atoms with Crippen molar-refractivity contribution in [2.24, 2.45) is 0 Å². The third kappa shape index (κ3) is 3.06. The van der Waals surface area contributed by atoms with Gasteiger partial charge in [0, 0.05) is 6.54 Å². The minimum atomic E-state index is 0.739. The number of amides is 1. The molecule has 0 spiro atoms. The lowest BCUT2D eigenvalue weighted by atomic mass is 10.2. The summed E-state index contributed by atoms with van der Waals surface area (Å²) < 4.78 is 5.81. The lowest BCUT2D eigenvalue weighted by Crippen LogP contribution is -2.41. The van der Waals surface area contributed by atoms with E-state index in [1.165, 1.54) is 5.56 Å². The van der Waals surface area contributed by atoms with Crippen molar-refractivity contribution in [1.29, 1.82) is 0 Å². The smallest absolute Gasteiger partial charge is 0.233 e. The average Bonchev–Trinajstić information content (AvgIpc) is 3.09. The third-order valence-corrected chi connectivity index (χ3v) is 4.30. The number of para-hydroxylation sites is 2. The first-order valence-corrected chi connectivity index (χ1v) is 8.28. The van der Waals surface area contributed by atoms with Crippen LogP contribution in [0.25, 0.3) is 0 Å². The van der Waals surface area contributed by atoms with Gasteiger partial charge in [0.2, 0.25) is 6.41 Å². The molecule has 4 heteroatoms. The summed E-state index contributed by atoms with van der Waals surface area (Å²) in [6.07, 6.45) is 1.80. The van der Waals surface area contributed by atoms with E-state index in [9.17, 15) is 4.79 Å². The summed E-state index contributed by atoms with van der Waals surface area (Å²) >= 11 is 0. The summed E-state index contributed by atoms with van der Waals surface area (Å²) in [5.74, 6) is 1.53. The Morgan fingerprint density at radius 1 is 0.840 bits per heavy atom. The first kappa shape index (κ1) is 15.3. The Kier molecular flexibility index (Phi) is 4.09. The molecule has 3 aromatic rings. The number of rotatable bonds is 5. The maximum atomic E-state index is 11.7. The Morgan fingerprint density at radius 2 is 1.52 bits per heavy atom. The fraction of sp³-hybridized carbons (Fsp3) is 0.0952. The molecule has 1 heterocycles. The minimum Gasteiger partial charge on any atom is -0.457 e. The van der Waals surface area contributed by atoms with E-state index in [1.807, 2.05) is 77.8 Å². The van der Waals surface area contributed by atoms with Crippen LogP contribution in [0.3, 0.4) is 0 Å². The zero-order valence-electron chi connectivity index (χ0n) is 13.7. The van der Waals surface area contributed by atoms with Gasteiger partial charge in [0.1, 0.15) is 11.5 Å². The summed E-state index contributed by atoms with van der Waals surface area (Å²) in [6.45, 7) is 0.792. The first-order valence-electron chi connectivity index (χ1n) is 8.28. The summed E-state index contributed by atoms with van der Waals surface area (Å²) in [4.78, 5) is 11.7. The van der Waals surface area contributed by atoms with Crippen molar-refractivity contribution in [2.45, 2.75) is 6.42 Å². The molecule has 1 aliphatic rings. The highest BCUT2D eigenvalue weighted by Gasteiger charge is 2.24. The van der Waals surface area contributed by atoms with Gasteiger partial charge in [-0.05, 0) is 54.4 Å². The van der Waals surface area contributed by atoms with Crippen LogP contribution in [0.4, 0.5) is 11.4 Å². The second-order valence-electron chi connectivity index (χ2n) is 5.86. The monoisotopic (exact) mass is 330 g/mol.